The van der Waals surface area contributed by atoms with Crippen molar-refractivity contribution in [1.29, 1.82) is 0 Å². The molecule has 426 valence electrons. The van der Waals surface area contributed by atoms with E-state index in [-0.39, 0.29) is 29.8 Å². The molecule has 1 aliphatic rings. The minimum Gasteiger partial charge on any atom is -0.427 e. The van der Waals surface area contributed by atoms with Crippen molar-refractivity contribution in [3.8, 4) is 23.0 Å². The van der Waals surface area contributed by atoms with Crippen LogP contribution in [0.2, 0.25) is 0 Å². The molecule has 0 aromatic heterocycles. The summed E-state index contributed by atoms with van der Waals surface area (Å²) in [5.74, 6) is 4.67. The molecule has 8 heteroatoms. The van der Waals surface area contributed by atoms with Gasteiger partial charge in [0.1, 0.15) is 23.0 Å². The normalized spacial score (nSPS) is 13.8. The summed E-state index contributed by atoms with van der Waals surface area (Å²) in [6.45, 7) is 28.9. The summed E-state index contributed by atoms with van der Waals surface area (Å²) in [7, 11) is 0. The van der Waals surface area contributed by atoms with E-state index in [0.717, 1.165) is 51.4 Å². The van der Waals surface area contributed by atoms with Crippen molar-refractivity contribution in [2.45, 2.75) is 191 Å². The summed E-state index contributed by atoms with van der Waals surface area (Å²) >= 11 is 0. The molecule has 0 bridgehead atoms. The summed E-state index contributed by atoms with van der Waals surface area (Å²) in [6.07, 6.45) is 11.2. The average molecular weight is 1080 g/mol. The lowest BCUT2D eigenvalue weighted by atomic mass is 9.89. The molecule has 0 aliphatic heterocycles. The summed E-state index contributed by atoms with van der Waals surface area (Å²) in [6, 6.07) is 50.8. The molecule has 79 heavy (non-hydrogen) atoms. The first-order chi connectivity index (χ1) is 37.7. The molecule has 6 aromatic carbocycles. The van der Waals surface area contributed by atoms with Crippen molar-refractivity contribution in [1.82, 2.24) is 0 Å². The maximum absolute atomic E-state index is 12.0. The van der Waals surface area contributed by atoms with Crippen LogP contribution >= 0.6 is 0 Å². The van der Waals surface area contributed by atoms with Gasteiger partial charge >= 0.3 is 23.9 Å². The number of rotatable bonds is 16. The minimum atomic E-state index is -0.463. The Morgan fingerprint density at radius 1 is 0.405 bits per heavy atom. The van der Waals surface area contributed by atoms with Gasteiger partial charge in [0.05, 0.1) is 16.9 Å². The first-order valence-electron chi connectivity index (χ1n) is 29.1. The fourth-order valence-electron chi connectivity index (χ4n) is 8.12. The third-order valence-corrected chi connectivity index (χ3v) is 14.7. The Morgan fingerprint density at radius 3 is 1.04 bits per heavy atom. The molecular formula is C71H94O8. The second-order valence-corrected chi connectivity index (χ2v) is 22.0. The molecule has 5 atom stereocenters. The highest BCUT2D eigenvalue weighted by Crippen LogP contribution is 2.29. The third-order valence-electron chi connectivity index (χ3n) is 14.7. The van der Waals surface area contributed by atoms with Crippen LogP contribution in [-0.2, 0) is 14.4 Å². The Labute approximate surface area is 476 Å². The van der Waals surface area contributed by atoms with E-state index in [2.05, 4.69) is 112 Å². The quantitative estimate of drug-likeness (QED) is 0.0697. The van der Waals surface area contributed by atoms with Gasteiger partial charge in [-0.3, -0.25) is 14.4 Å². The molecule has 1 saturated carbocycles. The predicted octanol–water partition coefficient (Wildman–Crippen LogP) is 19.6. The van der Waals surface area contributed by atoms with E-state index < -0.39 is 5.41 Å². The van der Waals surface area contributed by atoms with E-state index in [1.165, 1.54) is 47.6 Å². The van der Waals surface area contributed by atoms with Gasteiger partial charge in [0.2, 0.25) is 0 Å². The Hall–Kier alpha value is -6.80. The van der Waals surface area contributed by atoms with Crippen LogP contribution in [0.15, 0.2) is 158 Å². The van der Waals surface area contributed by atoms with Crippen LogP contribution in [0.5, 0.6) is 23.0 Å². The van der Waals surface area contributed by atoms with Crippen molar-refractivity contribution in [2.24, 2.45) is 11.3 Å². The highest BCUT2D eigenvalue weighted by Gasteiger charge is 2.24. The summed E-state index contributed by atoms with van der Waals surface area (Å²) < 4.78 is 21.1. The van der Waals surface area contributed by atoms with Crippen LogP contribution < -0.4 is 18.9 Å². The second-order valence-electron chi connectivity index (χ2n) is 22.0. The van der Waals surface area contributed by atoms with Crippen LogP contribution in [0.3, 0.4) is 0 Å². The number of ether oxygens (including phenoxy) is 4. The molecular weight excluding hydrogens is 981 g/mol. The minimum absolute atomic E-state index is 0.0454. The monoisotopic (exact) mass is 1070 g/mol. The largest absolute Gasteiger partial charge is 0.427 e. The Morgan fingerprint density at radius 2 is 0.709 bits per heavy atom. The Balaban J connectivity index is 0.000000263. The van der Waals surface area contributed by atoms with Gasteiger partial charge in [-0.1, -0.05) is 186 Å². The van der Waals surface area contributed by atoms with Gasteiger partial charge in [-0.05, 0) is 184 Å². The molecule has 0 N–H and O–H groups in total. The first kappa shape index (κ1) is 66.5. The maximum Gasteiger partial charge on any atom is 0.343 e. The second kappa shape index (κ2) is 35.7. The Kier molecular flexibility index (Phi) is 30.0. The molecule has 1 aliphatic carbocycles. The molecule has 8 nitrogen and oxygen atoms in total. The lowest BCUT2D eigenvalue weighted by Crippen LogP contribution is -2.25. The van der Waals surface area contributed by atoms with Gasteiger partial charge in [-0.2, -0.15) is 0 Å². The molecule has 1 fully saturated rings. The van der Waals surface area contributed by atoms with Crippen LogP contribution in [0, 0.1) is 11.3 Å². The number of carbonyl (C=O) groups excluding carboxylic acids is 4. The van der Waals surface area contributed by atoms with Gasteiger partial charge in [0.25, 0.3) is 0 Å². The molecule has 0 radical (unpaired) electrons. The van der Waals surface area contributed by atoms with Gasteiger partial charge in [0, 0.05) is 6.92 Å². The standard InChI is InChI=1S/C17H24O2.C17H18O2.C15H22O2.C12H16O2.C10H14/c2*1-3-13(2)14-9-11-16(12-10-14)19-17(18)15-7-5-4-6-8-15;1-6-11(2)12-7-9-13(10-8-12)17-14(16)15(3,4)5;1-4-9(2)11-5-7-12(8-6-11)14-10(3)13;1-3-9(2)10-7-5-4-6-8-10/h9-13,15H,3-8H2,1-2H3;4-13H,3H2,1-2H3;7-11H,6H2,1-5H3;5-9H,4H2,1-3H3;4-9H,3H2,1-2H3. The number of esters is 4. The van der Waals surface area contributed by atoms with Crippen molar-refractivity contribution in [3.63, 3.8) is 0 Å². The van der Waals surface area contributed by atoms with Crippen LogP contribution in [0.1, 0.15) is 229 Å². The van der Waals surface area contributed by atoms with E-state index in [4.69, 9.17) is 18.9 Å². The van der Waals surface area contributed by atoms with Crippen LogP contribution in [0.25, 0.3) is 0 Å². The highest BCUT2D eigenvalue weighted by molar-refractivity contribution is 5.91. The summed E-state index contributed by atoms with van der Waals surface area (Å²) in [5, 5.41) is 0. The molecule has 7 rings (SSSR count). The predicted molar refractivity (Wildman–Crippen MR) is 326 cm³/mol. The van der Waals surface area contributed by atoms with Crippen molar-refractivity contribution < 1.29 is 38.1 Å². The van der Waals surface area contributed by atoms with E-state index >= 15 is 0 Å². The third kappa shape index (κ3) is 24.8. The maximum atomic E-state index is 12.0. The molecule has 0 amide bonds. The zero-order valence-electron chi connectivity index (χ0n) is 50.3. The lowest BCUT2D eigenvalue weighted by molar-refractivity contribution is -0.143. The smallest absolute Gasteiger partial charge is 0.343 e. The summed E-state index contributed by atoms with van der Waals surface area (Å²) in [4.78, 5) is 46.2. The molecule has 5 unspecified atom stereocenters. The average Bonchev–Trinajstić information content (AvgIpc) is 3.47. The molecule has 0 saturated heterocycles. The van der Waals surface area contributed by atoms with Gasteiger partial charge in [0.15, 0.2) is 0 Å². The number of hydrogen-bond donors (Lipinski definition) is 0. The number of hydrogen-bond acceptors (Lipinski definition) is 8. The zero-order valence-corrected chi connectivity index (χ0v) is 50.3. The fraction of sp³-hybridized carbons (Fsp3) is 0.437. The summed E-state index contributed by atoms with van der Waals surface area (Å²) in [5.41, 5.74) is 6.68. The van der Waals surface area contributed by atoms with Crippen molar-refractivity contribution in [2.75, 3.05) is 0 Å². The van der Waals surface area contributed by atoms with Gasteiger partial charge in [-0.25, -0.2) is 4.79 Å². The SMILES string of the molecule is CCC(C)c1ccc(OC(=O)C(C)(C)C)cc1.CCC(C)c1ccc(OC(=O)C2CCCCC2)cc1.CCC(C)c1ccc(OC(=O)c2ccccc2)cc1.CCC(C)c1ccc(OC(C)=O)cc1.CCC(C)c1ccccc1. The fourth-order valence-corrected chi connectivity index (χ4v) is 8.12. The molecule has 6 aromatic rings. The van der Waals surface area contributed by atoms with Crippen LogP contribution in [0.4, 0.5) is 0 Å². The lowest BCUT2D eigenvalue weighted by Gasteiger charge is -2.19. The molecule has 0 heterocycles. The number of benzene rings is 6. The number of carbonyl (C=O) groups is 4. The van der Waals surface area contributed by atoms with E-state index in [9.17, 15) is 19.2 Å². The topological polar surface area (TPSA) is 105 Å². The zero-order chi connectivity index (χ0) is 58.3. The highest BCUT2D eigenvalue weighted by atomic mass is 16.5. The van der Waals surface area contributed by atoms with Gasteiger partial charge in [-0.15, -0.1) is 0 Å². The van der Waals surface area contributed by atoms with E-state index in [0.29, 0.717) is 58.2 Å². The van der Waals surface area contributed by atoms with Crippen molar-refractivity contribution >= 4 is 23.9 Å². The van der Waals surface area contributed by atoms with E-state index in [1.807, 2.05) is 124 Å². The molecule has 0 spiro atoms. The van der Waals surface area contributed by atoms with Crippen LogP contribution in [-0.4, -0.2) is 23.9 Å². The van der Waals surface area contributed by atoms with Gasteiger partial charge < -0.3 is 18.9 Å². The Bertz CT molecular complexity index is 2630. The van der Waals surface area contributed by atoms with Crippen molar-refractivity contribution in [3.05, 3.63) is 191 Å². The van der Waals surface area contributed by atoms with E-state index in [1.54, 1.807) is 12.1 Å². The first-order valence-corrected chi connectivity index (χ1v) is 29.1.